The number of amides is 3. The van der Waals surface area contributed by atoms with Gasteiger partial charge < -0.3 is 10.1 Å². The molecule has 0 saturated carbocycles. The second-order valence-electron chi connectivity index (χ2n) is 7.89. The maximum absolute atomic E-state index is 13.2. The predicted molar refractivity (Wildman–Crippen MR) is 125 cm³/mol. The molecule has 166 valence electrons. The first-order valence-electron chi connectivity index (χ1n) is 10.6. The van der Waals surface area contributed by atoms with Crippen molar-refractivity contribution in [2.24, 2.45) is 0 Å². The van der Waals surface area contributed by atoms with Gasteiger partial charge in [0, 0.05) is 10.4 Å². The first-order chi connectivity index (χ1) is 16.0. The van der Waals surface area contributed by atoms with Gasteiger partial charge in [-0.1, -0.05) is 41.9 Å². The molecule has 5 rings (SSSR count). The van der Waals surface area contributed by atoms with Crippen molar-refractivity contribution in [2.45, 2.75) is 12.8 Å². The number of imide groups is 1. The van der Waals surface area contributed by atoms with Gasteiger partial charge in [0.05, 0.1) is 29.9 Å². The zero-order valence-electron chi connectivity index (χ0n) is 17.6. The number of carbonyl (C=O) groups is 3. The predicted octanol–water partition coefficient (Wildman–Crippen LogP) is 4.08. The van der Waals surface area contributed by atoms with E-state index >= 15 is 0 Å². The number of benzene rings is 2. The molecule has 0 atom stereocenters. The molecule has 0 spiro atoms. The lowest BCUT2D eigenvalue weighted by molar-refractivity contribution is -0.125. The second kappa shape index (κ2) is 8.67. The number of ether oxygens (including phenoxy) is 1. The van der Waals surface area contributed by atoms with E-state index in [1.54, 1.807) is 0 Å². The Morgan fingerprint density at radius 1 is 1.12 bits per heavy atom. The average Bonchev–Trinajstić information content (AvgIpc) is 3.36. The van der Waals surface area contributed by atoms with Crippen LogP contribution in [0, 0.1) is 0 Å². The molecule has 1 saturated heterocycles. The van der Waals surface area contributed by atoms with E-state index in [9.17, 15) is 14.4 Å². The monoisotopic (exact) mass is 461 g/mol. The van der Waals surface area contributed by atoms with Crippen molar-refractivity contribution in [1.82, 2.24) is 15.2 Å². The largest absolute Gasteiger partial charge is 0.460 e. The van der Waals surface area contributed by atoms with Gasteiger partial charge in [-0.25, -0.2) is 14.6 Å². The van der Waals surface area contributed by atoms with E-state index in [4.69, 9.17) is 21.3 Å². The summed E-state index contributed by atoms with van der Waals surface area (Å²) in [5.41, 5.74) is 4.91. The number of esters is 1. The van der Waals surface area contributed by atoms with Crippen LogP contribution in [-0.4, -0.2) is 47.5 Å². The van der Waals surface area contributed by atoms with E-state index < -0.39 is 12.0 Å². The van der Waals surface area contributed by atoms with E-state index in [1.165, 1.54) is 0 Å². The Bertz CT molecular complexity index is 1300. The van der Waals surface area contributed by atoms with E-state index in [1.807, 2.05) is 48.5 Å². The van der Waals surface area contributed by atoms with Crippen LogP contribution in [0.4, 0.5) is 4.79 Å². The van der Waals surface area contributed by atoms with Crippen LogP contribution in [0.1, 0.15) is 33.6 Å². The Labute approximate surface area is 195 Å². The minimum atomic E-state index is -0.482. The van der Waals surface area contributed by atoms with Gasteiger partial charge in [-0.15, -0.1) is 0 Å². The summed E-state index contributed by atoms with van der Waals surface area (Å²) >= 11 is 6.00. The minimum Gasteiger partial charge on any atom is -0.460 e. The molecule has 2 aromatic carbocycles. The van der Waals surface area contributed by atoms with Crippen molar-refractivity contribution in [1.29, 1.82) is 0 Å². The van der Waals surface area contributed by atoms with Crippen LogP contribution in [-0.2, 0) is 16.0 Å². The summed E-state index contributed by atoms with van der Waals surface area (Å²) < 4.78 is 5.51. The normalized spacial score (nSPS) is 16.4. The summed E-state index contributed by atoms with van der Waals surface area (Å²) in [6, 6.07) is 14.6. The van der Waals surface area contributed by atoms with Crippen LogP contribution >= 0.6 is 11.6 Å². The fourth-order valence-electron chi connectivity index (χ4n) is 4.26. The molecular formula is C25H20ClN3O4. The van der Waals surface area contributed by atoms with Gasteiger partial charge >= 0.3 is 12.0 Å². The molecule has 0 unspecified atom stereocenters. The van der Waals surface area contributed by atoms with Crippen molar-refractivity contribution in [3.05, 3.63) is 75.9 Å². The summed E-state index contributed by atoms with van der Waals surface area (Å²) in [6.45, 7) is -0.0851. The zero-order chi connectivity index (χ0) is 22.9. The molecule has 1 aliphatic carbocycles. The summed E-state index contributed by atoms with van der Waals surface area (Å²) in [4.78, 5) is 42.5. The quantitative estimate of drug-likeness (QED) is 0.457. The SMILES string of the molecule is O=C(OCCN1C(=O)CNC1=O)c1c2c(nc3ccccc13)/C(=C/c1ccc(Cl)cc1)CC2. The van der Waals surface area contributed by atoms with Gasteiger partial charge in [0.2, 0.25) is 5.91 Å². The highest BCUT2D eigenvalue weighted by molar-refractivity contribution is 6.30. The van der Waals surface area contributed by atoms with Crippen molar-refractivity contribution >= 4 is 52.1 Å². The second-order valence-corrected chi connectivity index (χ2v) is 8.33. The Kier molecular flexibility index (Phi) is 5.56. The van der Waals surface area contributed by atoms with Gasteiger partial charge in [-0.2, -0.15) is 0 Å². The molecule has 7 nitrogen and oxygen atoms in total. The van der Waals surface area contributed by atoms with Gasteiger partial charge in [0.1, 0.15) is 6.61 Å². The van der Waals surface area contributed by atoms with E-state index in [2.05, 4.69) is 11.4 Å². The Hall–Kier alpha value is -3.71. The molecule has 1 aliphatic heterocycles. The molecule has 0 bridgehead atoms. The zero-order valence-corrected chi connectivity index (χ0v) is 18.4. The summed E-state index contributed by atoms with van der Waals surface area (Å²) in [6.07, 6.45) is 3.49. The van der Waals surface area contributed by atoms with Gasteiger partial charge in [0.25, 0.3) is 0 Å². The molecule has 3 aromatic rings. The number of carbonyl (C=O) groups excluding carboxylic acids is 3. The third kappa shape index (κ3) is 4.07. The smallest absolute Gasteiger partial charge is 0.339 e. The molecule has 3 amide bonds. The number of hydrogen-bond acceptors (Lipinski definition) is 5. The maximum atomic E-state index is 13.2. The van der Waals surface area contributed by atoms with Gasteiger partial charge in [-0.05, 0) is 53.8 Å². The summed E-state index contributed by atoms with van der Waals surface area (Å²) in [7, 11) is 0. The highest BCUT2D eigenvalue weighted by atomic mass is 35.5. The number of hydrogen-bond donors (Lipinski definition) is 1. The van der Waals surface area contributed by atoms with Crippen LogP contribution in [0.2, 0.25) is 5.02 Å². The third-order valence-electron chi connectivity index (χ3n) is 5.84. The first-order valence-corrected chi connectivity index (χ1v) is 11.0. The number of pyridine rings is 1. The van der Waals surface area contributed by atoms with Crippen LogP contribution in [0.3, 0.4) is 0 Å². The lowest BCUT2D eigenvalue weighted by atomic mass is 10.0. The topological polar surface area (TPSA) is 88.6 Å². The number of nitrogens with one attached hydrogen (secondary N) is 1. The number of halogens is 1. The Morgan fingerprint density at radius 3 is 2.67 bits per heavy atom. The number of nitrogens with zero attached hydrogens (tertiary/aromatic N) is 2. The number of aromatic nitrogens is 1. The first kappa shape index (κ1) is 21.2. The van der Waals surface area contributed by atoms with E-state index in [0.29, 0.717) is 22.5 Å². The van der Waals surface area contributed by atoms with Gasteiger partial charge in [0.15, 0.2) is 0 Å². The standard InChI is InChI=1S/C25H20ClN3O4/c26-17-8-5-15(6-9-17)13-16-7-10-19-22(18-3-1-2-4-20(18)28-23(16)19)24(31)33-12-11-29-21(30)14-27-25(29)32/h1-6,8-9,13H,7,10-12,14H2,(H,27,32)/b16-13+. The average molecular weight is 462 g/mol. The number of rotatable bonds is 5. The van der Waals surface area contributed by atoms with Crippen LogP contribution in [0.25, 0.3) is 22.6 Å². The maximum Gasteiger partial charge on any atom is 0.339 e. The fraction of sp³-hybridized carbons (Fsp3) is 0.200. The number of allylic oxidation sites excluding steroid dienone is 1. The van der Waals surface area contributed by atoms with Crippen molar-refractivity contribution in [2.75, 3.05) is 19.7 Å². The molecule has 8 heteroatoms. The number of para-hydroxylation sites is 1. The van der Waals surface area contributed by atoms with E-state index in [0.717, 1.165) is 39.1 Å². The molecule has 2 heterocycles. The number of urea groups is 1. The van der Waals surface area contributed by atoms with Crippen LogP contribution in [0.15, 0.2) is 48.5 Å². The fourth-order valence-corrected chi connectivity index (χ4v) is 4.38. The van der Waals surface area contributed by atoms with E-state index in [-0.39, 0.29) is 25.6 Å². The lowest BCUT2D eigenvalue weighted by Gasteiger charge is -2.15. The molecule has 2 aliphatic rings. The lowest BCUT2D eigenvalue weighted by Crippen LogP contribution is -2.34. The summed E-state index contributed by atoms with van der Waals surface area (Å²) in [5.74, 6) is -0.812. The molecule has 1 N–H and O–H groups in total. The summed E-state index contributed by atoms with van der Waals surface area (Å²) in [5, 5.41) is 3.85. The highest BCUT2D eigenvalue weighted by Crippen LogP contribution is 2.37. The minimum absolute atomic E-state index is 0.0172. The molecule has 33 heavy (non-hydrogen) atoms. The molecular weight excluding hydrogens is 442 g/mol. The Morgan fingerprint density at radius 2 is 1.91 bits per heavy atom. The van der Waals surface area contributed by atoms with Gasteiger partial charge in [-0.3, -0.25) is 9.69 Å². The third-order valence-corrected chi connectivity index (χ3v) is 6.09. The Balaban J connectivity index is 1.46. The highest BCUT2D eigenvalue weighted by Gasteiger charge is 2.30. The molecule has 1 aromatic heterocycles. The van der Waals surface area contributed by atoms with Crippen LogP contribution < -0.4 is 5.32 Å². The van der Waals surface area contributed by atoms with Crippen molar-refractivity contribution < 1.29 is 19.1 Å². The van der Waals surface area contributed by atoms with Crippen LogP contribution in [0.5, 0.6) is 0 Å². The number of fused-ring (bicyclic) bond motifs is 2. The van der Waals surface area contributed by atoms with Crippen molar-refractivity contribution in [3.63, 3.8) is 0 Å². The van der Waals surface area contributed by atoms with Crippen molar-refractivity contribution in [3.8, 4) is 0 Å². The molecule has 1 fully saturated rings. The molecule has 0 radical (unpaired) electrons.